The van der Waals surface area contributed by atoms with Crippen molar-refractivity contribution in [3.63, 3.8) is 0 Å². The van der Waals surface area contributed by atoms with Crippen LogP contribution in [0.25, 0.3) is 0 Å². The average molecular weight is 458 g/mol. The van der Waals surface area contributed by atoms with E-state index in [0.29, 0.717) is 5.69 Å². The van der Waals surface area contributed by atoms with Gasteiger partial charge in [-0.1, -0.05) is 28.8 Å². The van der Waals surface area contributed by atoms with Crippen molar-refractivity contribution < 1.29 is 14.4 Å². The van der Waals surface area contributed by atoms with E-state index in [9.17, 15) is 14.4 Å². The maximum atomic E-state index is 12.6. The minimum Gasteiger partial charge on any atom is -0.323 e. The molecule has 1 aromatic rings. The highest BCUT2D eigenvalue weighted by molar-refractivity contribution is 9.11. The fourth-order valence-corrected chi connectivity index (χ4v) is 4.66. The molecule has 2 fully saturated rings. The first-order valence-corrected chi connectivity index (χ1v) is 9.61. The SMILES string of the molecule is CC(C(=O)Nc1ccc(Br)cc1Br)N1C(=O)C2CCCCC2C1=O. The predicted octanol–water partition coefficient (Wildman–Crippen LogP) is 3.71. The molecule has 1 aromatic carbocycles. The summed E-state index contributed by atoms with van der Waals surface area (Å²) in [5.41, 5.74) is 0.603. The van der Waals surface area contributed by atoms with Crippen LogP contribution < -0.4 is 5.32 Å². The minimum absolute atomic E-state index is 0.192. The number of carbonyl (C=O) groups excluding carboxylic acids is 3. The summed E-state index contributed by atoms with van der Waals surface area (Å²) in [5.74, 6) is -1.22. The Morgan fingerprint density at radius 1 is 1.17 bits per heavy atom. The Morgan fingerprint density at radius 3 is 2.29 bits per heavy atom. The molecule has 1 aliphatic heterocycles. The van der Waals surface area contributed by atoms with Crippen molar-refractivity contribution in [1.82, 2.24) is 4.90 Å². The summed E-state index contributed by atoms with van der Waals surface area (Å²) in [7, 11) is 0. The number of likely N-dealkylation sites (tertiary alicyclic amines) is 1. The molecular formula is C17H18Br2N2O3. The first-order chi connectivity index (χ1) is 11.4. The van der Waals surface area contributed by atoms with Gasteiger partial charge in [0.15, 0.2) is 0 Å². The van der Waals surface area contributed by atoms with E-state index in [-0.39, 0.29) is 29.6 Å². The third kappa shape index (κ3) is 3.16. The molecule has 0 bridgehead atoms. The zero-order valence-corrected chi connectivity index (χ0v) is 16.4. The molecule has 1 heterocycles. The number of amides is 3. The van der Waals surface area contributed by atoms with Crippen LogP contribution in [0.3, 0.4) is 0 Å². The van der Waals surface area contributed by atoms with Gasteiger partial charge in [-0.25, -0.2) is 0 Å². The minimum atomic E-state index is -0.814. The Labute approximate surface area is 157 Å². The highest BCUT2D eigenvalue weighted by Gasteiger charge is 2.50. The van der Waals surface area contributed by atoms with Crippen LogP contribution in [0.5, 0.6) is 0 Å². The van der Waals surface area contributed by atoms with Crippen molar-refractivity contribution in [2.24, 2.45) is 11.8 Å². The topological polar surface area (TPSA) is 66.5 Å². The lowest BCUT2D eigenvalue weighted by Gasteiger charge is -2.22. The molecule has 2 aliphatic rings. The number of benzene rings is 1. The second-order valence-electron chi connectivity index (χ2n) is 6.33. The molecule has 0 aromatic heterocycles. The van der Waals surface area contributed by atoms with Gasteiger partial charge in [-0.05, 0) is 53.9 Å². The monoisotopic (exact) mass is 456 g/mol. The lowest BCUT2D eigenvalue weighted by Crippen LogP contribution is -2.46. The van der Waals surface area contributed by atoms with Crippen molar-refractivity contribution in [1.29, 1.82) is 0 Å². The first-order valence-electron chi connectivity index (χ1n) is 8.03. The number of imide groups is 1. The molecule has 1 N–H and O–H groups in total. The second kappa shape index (κ2) is 6.96. The van der Waals surface area contributed by atoms with Crippen LogP contribution in [-0.4, -0.2) is 28.7 Å². The Balaban J connectivity index is 1.75. The number of anilines is 1. The lowest BCUT2D eigenvalue weighted by molar-refractivity contribution is -0.146. The molecule has 5 nitrogen and oxygen atoms in total. The number of fused-ring (bicyclic) bond motifs is 1. The summed E-state index contributed by atoms with van der Waals surface area (Å²) in [4.78, 5) is 38.9. The zero-order valence-electron chi connectivity index (χ0n) is 13.2. The number of nitrogens with one attached hydrogen (secondary N) is 1. The van der Waals surface area contributed by atoms with E-state index in [2.05, 4.69) is 37.2 Å². The summed E-state index contributed by atoms with van der Waals surface area (Å²) >= 11 is 6.75. The van der Waals surface area contributed by atoms with E-state index in [1.54, 1.807) is 13.0 Å². The fraction of sp³-hybridized carbons (Fsp3) is 0.471. The van der Waals surface area contributed by atoms with E-state index in [1.807, 2.05) is 12.1 Å². The molecule has 7 heteroatoms. The van der Waals surface area contributed by atoms with Crippen LogP contribution in [0, 0.1) is 11.8 Å². The Kier molecular flexibility index (Phi) is 5.11. The third-order valence-electron chi connectivity index (χ3n) is 4.83. The molecule has 24 heavy (non-hydrogen) atoms. The van der Waals surface area contributed by atoms with E-state index in [1.165, 1.54) is 4.90 Å². The number of hydrogen-bond donors (Lipinski definition) is 1. The molecule has 128 valence electrons. The van der Waals surface area contributed by atoms with Gasteiger partial charge in [0.1, 0.15) is 6.04 Å². The van der Waals surface area contributed by atoms with Crippen LogP contribution in [0.2, 0.25) is 0 Å². The molecule has 3 atom stereocenters. The van der Waals surface area contributed by atoms with Crippen molar-refractivity contribution in [3.8, 4) is 0 Å². The van der Waals surface area contributed by atoms with E-state index in [4.69, 9.17) is 0 Å². The molecule has 3 rings (SSSR count). The smallest absolute Gasteiger partial charge is 0.247 e. The van der Waals surface area contributed by atoms with Gasteiger partial charge in [0.2, 0.25) is 17.7 Å². The van der Waals surface area contributed by atoms with Crippen molar-refractivity contribution in [3.05, 3.63) is 27.1 Å². The Hall–Kier alpha value is -1.21. The van der Waals surface area contributed by atoms with Gasteiger partial charge in [-0.15, -0.1) is 0 Å². The maximum absolute atomic E-state index is 12.6. The molecule has 3 amide bonds. The molecule has 3 unspecified atom stereocenters. The largest absolute Gasteiger partial charge is 0.323 e. The second-order valence-corrected chi connectivity index (χ2v) is 8.10. The number of rotatable bonds is 3. The first kappa shape index (κ1) is 17.6. The highest BCUT2D eigenvalue weighted by atomic mass is 79.9. The molecular weight excluding hydrogens is 440 g/mol. The lowest BCUT2D eigenvalue weighted by atomic mass is 9.81. The quantitative estimate of drug-likeness (QED) is 0.703. The standard InChI is InChI=1S/C17H18Br2N2O3/c1-9(15(22)20-14-7-6-10(18)8-13(14)19)21-16(23)11-4-2-3-5-12(11)17(21)24/h6-9,11-12H,2-5H2,1H3,(H,20,22). The number of hydrogen-bond acceptors (Lipinski definition) is 3. The van der Waals surface area contributed by atoms with Crippen molar-refractivity contribution >= 4 is 55.3 Å². The van der Waals surface area contributed by atoms with Crippen molar-refractivity contribution in [2.75, 3.05) is 5.32 Å². The molecule has 0 radical (unpaired) electrons. The van der Waals surface area contributed by atoms with E-state index >= 15 is 0 Å². The molecule has 0 spiro atoms. The molecule has 1 aliphatic carbocycles. The van der Waals surface area contributed by atoms with Gasteiger partial charge in [0.05, 0.1) is 17.5 Å². The number of halogens is 2. The van der Waals surface area contributed by atoms with Gasteiger partial charge >= 0.3 is 0 Å². The average Bonchev–Trinajstić information content (AvgIpc) is 2.81. The summed E-state index contributed by atoms with van der Waals surface area (Å²) in [5, 5.41) is 2.78. The van der Waals surface area contributed by atoms with Gasteiger partial charge in [0, 0.05) is 8.95 Å². The highest BCUT2D eigenvalue weighted by Crippen LogP contribution is 2.39. The normalized spacial score (nSPS) is 24.7. The van der Waals surface area contributed by atoms with Crippen LogP contribution in [0.4, 0.5) is 5.69 Å². The van der Waals surface area contributed by atoms with E-state index < -0.39 is 6.04 Å². The number of nitrogens with zero attached hydrogens (tertiary/aromatic N) is 1. The Morgan fingerprint density at radius 2 is 1.75 bits per heavy atom. The summed E-state index contributed by atoms with van der Waals surface area (Å²) < 4.78 is 1.61. The van der Waals surface area contributed by atoms with Gasteiger partial charge in [0.25, 0.3) is 0 Å². The predicted molar refractivity (Wildman–Crippen MR) is 97.2 cm³/mol. The zero-order chi connectivity index (χ0) is 17.4. The summed E-state index contributed by atoms with van der Waals surface area (Å²) in [6.45, 7) is 1.61. The number of carbonyl (C=O) groups is 3. The maximum Gasteiger partial charge on any atom is 0.247 e. The van der Waals surface area contributed by atoms with Gasteiger partial charge in [-0.2, -0.15) is 0 Å². The molecule has 1 saturated heterocycles. The van der Waals surface area contributed by atoms with Crippen molar-refractivity contribution in [2.45, 2.75) is 38.6 Å². The molecule has 1 saturated carbocycles. The van der Waals surface area contributed by atoms with E-state index in [0.717, 1.165) is 34.6 Å². The van der Waals surface area contributed by atoms with Crippen LogP contribution in [0.1, 0.15) is 32.6 Å². The summed E-state index contributed by atoms with van der Waals surface area (Å²) in [6, 6.07) is 4.57. The van der Waals surface area contributed by atoms with Crippen LogP contribution in [-0.2, 0) is 14.4 Å². The summed E-state index contributed by atoms with van der Waals surface area (Å²) in [6.07, 6.45) is 3.44. The third-order valence-corrected chi connectivity index (χ3v) is 5.98. The van der Waals surface area contributed by atoms with Crippen LogP contribution in [0.15, 0.2) is 27.1 Å². The van der Waals surface area contributed by atoms with Crippen LogP contribution >= 0.6 is 31.9 Å². The Bertz CT molecular complexity index is 683. The van der Waals surface area contributed by atoms with Gasteiger partial charge in [-0.3, -0.25) is 19.3 Å². The van der Waals surface area contributed by atoms with Gasteiger partial charge < -0.3 is 5.32 Å². The fourth-order valence-electron chi connectivity index (χ4n) is 3.51.